The number of benzene rings is 1. The van der Waals surface area contributed by atoms with Gasteiger partial charge in [-0.25, -0.2) is 4.98 Å². The lowest BCUT2D eigenvalue weighted by atomic mass is 9.80. The molecule has 3 nitrogen and oxygen atoms in total. The summed E-state index contributed by atoms with van der Waals surface area (Å²) >= 11 is 0. The molecule has 0 spiro atoms. The lowest BCUT2D eigenvalue weighted by molar-refractivity contribution is 0.419. The summed E-state index contributed by atoms with van der Waals surface area (Å²) in [5.41, 5.74) is 2.79. The standard InChI is InChI=1S/C17H23N3/c1-3-18-16(17-19-11-12-20(17)2)15-9-7-14(8-10-15)13-5-4-6-13/h7-13,16,18H,3-6H2,1-2H3. The van der Waals surface area contributed by atoms with E-state index in [1.165, 1.54) is 30.4 Å². The van der Waals surface area contributed by atoms with Crippen LogP contribution in [-0.2, 0) is 7.05 Å². The highest BCUT2D eigenvalue weighted by Gasteiger charge is 2.21. The molecular weight excluding hydrogens is 246 g/mol. The van der Waals surface area contributed by atoms with Crippen LogP contribution >= 0.6 is 0 Å². The summed E-state index contributed by atoms with van der Waals surface area (Å²) in [7, 11) is 2.05. The summed E-state index contributed by atoms with van der Waals surface area (Å²) in [6, 6.07) is 9.29. The number of aryl methyl sites for hydroxylation is 1. The van der Waals surface area contributed by atoms with Crippen molar-refractivity contribution in [2.75, 3.05) is 6.54 Å². The smallest absolute Gasteiger partial charge is 0.130 e. The van der Waals surface area contributed by atoms with E-state index in [-0.39, 0.29) is 6.04 Å². The number of hydrogen-bond donors (Lipinski definition) is 1. The second-order valence-corrected chi connectivity index (χ2v) is 5.68. The number of rotatable bonds is 5. The fraction of sp³-hybridized carbons (Fsp3) is 0.471. The van der Waals surface area contributed by atoms with E-state index in [4.69, 9.17) is 0 Å². The van der Waals surface area contributed by atoms with Gasteiger partial charge in [-0.2, -0.15) is 0 Å². The van der Waals surface area contributed by atoms with E-state index in [2.05, 4.69) is 53.1 Å². The van der Waals surface area contributed by atoms with Crippen LogP contribution in [0.15, 0.2) is 36.7 Å². The lowest BCUT2D eigenvalue weighted by Gasteiger charge is -2.26. The molecule has 1 atom stereocenters. The maximum atomic E-state index is 4.50. The second-order valence-electron chi connectivity index (χ2n) is 5.68. The molecule has 1 aromatic carbocycles. The Bertz CT molecular complexity index is 552. The van der Waals surface area contributed by atoms with Crippen LogP contribution in [-0.4, -0.2) is 16.1 Å². The summed E-state index contributed by atoms with van der Waals surface area (Å²) in [5, 5.41) is 3.54. The fourth-order valence-corrected chi connectivity index (χ4v) is 2.92. The van der Waals surface area contributed by atoms with Crippen molar-refractivity contribution in [3.63, 3.8) is 0 Å². The molecule has 0 aliphatic heterocycles. The van der Waals surface area contributed by atoms with Gasteiger partial charge in [-0.1, -0.05) is 37.6 Å². The highest BCUT2D eigenvalue weighted by Crippen LogP contribution is 2.36. The second kappa shape index (κ2) is 5.80. The van der Waals surface area contributed by atoms with Crippen molar-refractivity contribution < 1.29 is 0 Å². The minimum atomic E-state index is 0.176. The molecule has 1 aliphatic carbocycles. The summed E-state index contributed by atoms with van der Waals surface area (Å²) in [5.74, 6) is 1.87. The van der Waals surface area contributed by atoms with E-state index in [1.807, 2.05) is 12.4 Å². The third-order valence-electron chi connectivity index (χ3n) is 4.37. The Balaban J connectivity index is 1.85. The molecule has 2 aromatic rings. The molecule has 0 amide bonds. The van der Waals surface area contributed by atoms with Crippen LogP contribution in [0, 0.1) is 0 Å². The van der Waals surface area contributed by atoms with Gasteiger partial charge in [0.2, 0.25) is 0 Å². The van der Waals surface area contributed by atoms with Crippen LogP contribution < -0.4 is 5.32 Å². The largest absolute Gasteiger partial charge is 0.336 e. The van der Waals surface area contributed by atoms with Crippen molar-refractivity contribution >= 4 is 0 Å². The molecule has 1 aliphatic rings. The maximum absolute atomic E-state index is 4.50. The van der Waals surface area contributed by atoms with Crippen molar-refractivity contribution in [1.82, 2.24) is 14.9 Å². The van der Waals surface area contributed by atoms with E-state index >= 15 is 0 Å². The first kappa shape index (κ1) is 13.4. The minimum absolute atomic E-state index is 0.176. The molecule has 1 unspecified atom stereocenters. The topological polar surface area (TPSA) is 29.9 Å². The Morgan fingerprint density at radius 2 is 2.05 bits per heavy atom. The maximum Gasteiger partial charge on any atom is 0.130 e. The molecule has 1 N–H and O–H groups in total. The van der Waals surface area contributed by atoms with Gasteiger partial charge in [0, 0.05) is 19.4 Å². The third-order valence-corrected chi connectivity index (χ3v) is 4.37. The first-order valence-electron chi connectivity index (χ1n) is 7.60. The zero-order valence-corrected chi connectivity index (χ0v) is 12.3. The summed E-state index contributed by atoms with van der Waals surface area (Å²) in [6.45, 7) is 3.07. The molecule has 1 aromatic heterocycles. The summed E-state index contributed by atoms with van der Waals surface area (Å²) in [4.78, 5) is 4.50. The van der Waals surface area contributed by atoms with Gasteiger partial charge in [-0.15, -0.1) is 0 Å². The van der Waals surface area contributed by atoms with Gasteiger partial charge in [0.25, 0.3) is 0 Å². The highest BCUT2D eigenvalue weighted by molar-refractivity contribution is 5.31. The summed E-state index contributed by atoms with van der Waals surface area (Å²) in [6.07, 6.45) is 7.97. The van der Waals surface area contributed by atoms with E-state index in [1.54, 1.807) is 0 Å². The van der Waals surface area contributed by atoms with Crippen LogP contribution in [0.3, 0.4) is 0 Å². The zero-order chi connectivity index (χ0) is 13.9. The molecule has 106 valence electrons. The van der Waals surface area contributed by atoms with Crippen molar-refractivity contribution in [1.29, 1.82) is 0 Å². The van der Waals surface area contributed by atoms with Crippen LogP contribution in [0.1, 0.15) is 55.1 Å². The first-order valence-corrected chi connectivity index (χ1v) is 7.60. The average molecular weight is 269 g/mol. The Hall–Kier alpha value is -1.61. The third kappa shape index (κ3) is 2.50. The van der Waals surface area contributed by atoms with Gasteiger partial charge in [0.05, 0.1) is 6.04 Å². The lowest BCUT2D eigenvalue weighted by Crippen LogP contribution is -2.24. The van der Waals surface area contributed by atoms with Crippen LogP contribution in [0.4, 0.5) is 0 Å². The van der Waals surface area contributed by atoms with Crippen molar-refractivity contribution in [2.45, 2.75) is 38.1 Å². The SMILES string of the molecule is CCNC(c1ccc(C2CCC2)cc1)c1nccn1C. The van der Waals surface area contributed by atoms with Gasteiger partial charge in [-0.3, -0.25) is 0 Å². The molecule has 0 radical (unpaired) electrons. The number of nitrogens with one attached hydrogen (secondary N) is 1. The first-order chi connectivity index (χ1) is 9.79. The Morgan fingerprint density at radius 3 is 2.55 bits per heavy atom. The molecule has 1 heterocycles. The average Bonchev–Trinajstić information content (AvgIpc) is 2.81. The van der Waals surface area contributed by atoms with E-state index in [0.717, 1.165) is 18.3 Å². The van der Waals surface area contributed by atoms with E-state index in [9.17, 15) is 0 Å². The predicted octanol–water partition coefficient (Wildman–Crippen LogP) is 3.39. The minimum Gasteiger partial charge on any atom is -0.336 e. The summed E-state index contributed by atoms with van der Waals surface area (Å²) < 4.78 is 2.09. The molecule has 1 fully saturated rings. The van der Waals surface area contributed by atoms with Gasteiger partial charge >= 0.3 is 0 Å². The van der Waals surface area contributed by atoms with Gasteiger partial charge in [0.15, 0.2) is 0 Å². The van der Waals surface area contributed by atoms with Crippen LogP contribution in [0.25, 0.3) is 0 Å². The quantitative estimate of drug-likeness (QED) is 0.901. The van der Waals surface area contributed by atoms with E-state index in [0.29, 0.717) is 0 Å². The zero-order valence-electron chi connectivity index (χ0n) is 12.3. The monoisotopic (exact) mass is 269 g/mol. The molecular formula is C17H23N3. The van der Waals surface area contributed by atoms with Crippen molar-refractivity contribution in [3.8, 4) is 0 Å². The predicted molar refractivity (Wildman–Crippen MR) is 81.8 cm³/mol. The number of aromatic nitrogens is 2. The molecule has 0 saturated heterocycles. The van der Waals surface area contributed by atoms with Crippen LogP contribution in [0.5, 0.6) is 0 Å². The Kier molecular flexibility index (Phi) is 3.88. The molecule has 20 heavy (non-hydrogen) atoms. The molecule has 1 saturated carbocycles. The highest BCUT2D eigenvalue weighted by atomic mass is 15.1. The normalized spacial score (nSPS) is 16.9. The van der Waals surface area contributed by atoms with E-state index < -0.39 is 0 Å². The fourth-order valence-electron chi connectivity index (χ4n) is 2.92. The van der Waals surface area contributed by atoms with Crippen molar-refractivity contribution in [2.24, 2.45) is 7.05 Å². The Morgan fingerprint density at radius 1 is 1.30 bits per heavy atom. The number of nitrogens with zero attached hydrogens (tertiary/aromatic N) is 2. The van der Waals surface area contributed by atoms with Crippen LogP contribution in [0.2, 0.25) is 0 Å². The van der Waals surface area contributed by atoms with Gasteiger partial charge in [0.1, 0.15) is 5.82 Å². The van der Waals surface area contributed by atoms with Crippen molar-refractivity contribution in [3.05, 3.63) is 53.6 Å². The number of imidazole rings is 1. The molecule has 3 rings (SSSR count). The molecule has 3 heteroatoms. The van der Waals surface area contributed by atoms with Gasteiger partial charge in [-0.05, 0) is 36.4 Å². The Labute approximate surface area is 121 Å². The molecule has 0 bridgehead atoms. The van der Waals surface area contributed by atoms with Gasteiger partial charge < -0.3 is 9.88 Å². The number of hydrogen-bond acceptors (Lipinski definition) is 2.